The molecular formula is C10H14BrN3O2S. The fraction of sp³-hybridized carbons (Fsp3) is 0.400. The second-order valence-corrected chi connectivity index (χ2v) is 6.13. The maximum absolute atomic E-state index is 12.0. The molecule has 0 aliphatic heterocycles. The predicted octanol–water partition coefficient (Wildman–Crippen LogP) is 2.11. The maximum atomic E-state index is 12.0. The number of nitrogens with two attached hydrogens (primary N) is 1. The second-order valence-electron chi connectivity index (χ2n) is 3.66. The van der Waals surface area contributed by atoms with Crippen LogP contribution in [0.4, 0.5) is 0 Å². The molecule has 1 amide bonds. The van der Waals surface area contributed by atoms with Gasteiger partial charge in [-0.3, -0.25) is 4.79 Å². The van der Waals surface area contributed by atoms with Gasteiger partial charge in [-0.05, 0) is 35.0 Å². The first-order valence-electron chi connectivity index (χ1n) is 4.94. The Morgan fingerprint density at radius 3 is 2.82 bits per heavy atom. The third-order valence-electron chi connectivity index (χ3n) is 2.40. The van der Waals surface area contributed by atoms with Crippen molar-refractivity contribution < 1.29 is 10.0 Å². The third-order valence-corrected chi connectivity index (χ3v) is 4.01. The van der Waals surface area contributed by atoms with Crippen molar-refractivity contribution in [2.75, 3.05) is 7.05 Å². The van der Waals surface area contributed by atoms with Crippen LogP contribution in [0.25, 0.3) is 0 Å². The van der Waals surface area contributed by atoms with Gasteiger partial charge >= 0.3 is 0 Å². The molecule has 3 N–H and O–H groups in total. The van der Waals surface area contributed by atoms with Crippen LogP contribution in [-0.2, 0) is 0 Å². The van der Waals surface area contributed by atoms with Gasteiger partial charge < -0.3 is 15.8 Å². The molecule has 0 aromatic carbocycles. The number of oxime groups is 1. The number of thiophene rings is 1. The first-order valence-corrected chi connectivity index (χ1v) is 6.55. The molecule has 5 nitrogen and oxygen atoms in total. The van der Waals surface area contributed by atoms with Crippen molar-refractivity contribution in [3.05, 3.63) is 20.8 Å². The van der Waals surface area contributed by atoms with Crippen molar-refractivity contribution in [3.63, 3.8) is 0 Å². The lowest BCUT2D eigenvalue weighted by Crippen LogP contribution is -2.37. The van der Waals surface area contributed by atoms with Crippen LogP contribution in [0.2, 0.25) is 0 Å². The van der Waals surface area contributed by atoms with Crippen molar-refractivity contribution in [2.45, 2.75) is 19.4 Å². The molecule has 0 spiro atoms. The van der Waals surface area contributed by atoms with E-state index in [-0.39, 0.29) is 17.8 Å². The van der Waals surface area contributed by atoms with Crippen LogP contribution in [0.1, 0.15) is 23.0 Å². The smallest absolute Gasteiger partial charge is 0.263 e. The lowest BCUT2D eigenvalue weighted by Gasteiger charge is -2.23. The normalized spacial score (nSPS) is 13.5. The number of nitrogens with zero attached hydrogens (tertiary/aromatic N) is 2. The van der Waals surface area contributed by atoms with Crippen LogP contribution in [0.3, 0.4) is 0 Å². The van der Waals surface area contributed by atoms with E-state index in [4.69, 9.17) is 10.9 Å². The zero-order chi connectivity index (χ0) is 13.0. The maximum Gasteiger partial charge on any atom is 0.263 e. The minimum absolute atomic E-state index is 0.0704. The molecule has 1 heterocycles. The van der Waals surface area contributed by atoms with Crippen molar-refractivity contribution in [1.82, 2.24) is 4.90 Å². The van der Waals surface area contributed by atoms with Crippen LogP contribution in [0.5, 0.6) is 0 Å². The molecule has 1 aromatic heterocycles. The molecule has 1 unspecified atom stereocenters. The molecule has 0 bridgehead atoms. The summed E-state index contributed by atoms with van der Waals surface area (Å²) in [7, 11) is 1.70. The predicted molar refractivity (Wildman–Crippen MR) is 71.6 cm³/mol. The Labute approximate surface area is 112 Å². The average Bonchev–Trinajstić information content (AvgIpc) is 2.73. The molecule has 17 heavy (non-hydrogen) atoms. The molecule has 0 aliphatic carbocycles. The molecule has 1 rings (SSSR count). The number of hydrogen-bond donors (Lipinski definition) is 2. The Balaban J connectivity index is 2.69. The number of amidine groups is 1. The molecule has 0 saturated heterocycles. The average molecular weight is 320 g/mol. The van der Waals surface area contributed by atoms with Gasteiger partial charge in [0.1, 0.15) is 5.84 Å². The minimum Gasteiger partial charge on any atom is -0.409 e. The molecule has 0 aliphatic rings. The minimum atomic E-state index is -0.126. The Morgan fingerprint density at radius 1 is 1.71 bits per heavy atom. The van der Waals surface area contributed by atoms with Gasteiger partial charge in [-0.25, -0.2) is 0 Å². The lowest BCUT2D eigenvalue weighted by molar-refractivity contribution is 0.0752. The van der Waals surface area contributed by atoms with E-state index >= 15 is 0 Å². The topological polar surface area (TPSA) is 78.9 Å². The number of amides is 1. The molecule has 0 fully saturated rings. The van der Waals surface area contributed by atoms with Crippen molar-refractivity contribution in [2.24, 2.45) is 10.9 Å². The summed E-state index contributed by atoms with van der Waals surface area (Å²) in [5, 5.41) is 11.4. The van der Waals surface area contributed by atoms with Gasteiger partial charge in [0, 0.05) is 19.5 Å². The van der Waals surface area contributed by atoms with Gasteiger partial charge in [0.15, 0.2) is 0 Å². The SMILES string of the molecule is CC(CC(N)=NO)N(C)C(=O)c1ccc(Br)s1. The molecule has 0 saturated carbocycles. The number of halogens is 1. The standard InChI is InChI=1S/C10H14BrN3O2S/c1-6(5-9(12)13-16)14(2)10(15)7-3-4-8(11)17-7/h3-4,6,16H,5H2,1-2H3,(H2,12,13). The van der Waals surface area contributed by atoms with Crippen LogP contribution in [0, 0.1) is 0 Å². The summed E-state index contributed by atoms with van der Waals surface area (Å²) in [5.74, 6) is 0.0449. The molecule has 0 radical (unpaired) electrons. The fourth-order valence-corrected chi connectivity index (χ4v) is 2.65. The largest absolute Gasteiger partial charge is 0.409 e. The summed E-state index contributed by atoms with van der Waals surface area (Å²) >= 11 is 4.69. The highest BCUT2D eigenvalue weighted by molar-refractivity contribution is 9.11. The van der Waals surface area contributed by atoms with E-state index in [1.807, 2.05) is 13.0 Å². The number of carbonyl (C=O) groups is 1. The van der Waals surface area contributed by atoms with E-state index in [0.29, 0.717) is 11.3 Å². The van der Waals surface area contributed by atoms with Crippen molar-refractivity contribution in [1.29, 1.82) is 0 Å². The Bertz CT molecular complexity index is 433. The van der Waals surface area contributed by atoms with Gasteiger partial charge in [0.2, 0.25) is 0 Å². The summed E-state index contributed by atoms with van der Waals surface area (Å²) in [5.41, 5.74) is 5.41. The zero-order valence-electron chi connectivity index (χ0n) is 9.55. The third kappa shape index (κ3) is 3.71. The second kappa shape index (κ2) is 6.02. The van der Waals surface area contributed by atoms with Gasteiger partial charge in [0.05, 0.1) is 8.66 Å². The molecule has 7 heteroatoms. The Kier molecular flexibility index (Phi) is 4.95. The molecule has 1 aromatic rings. The fourth-order valence-electron chi connectivity index (χ4n) is 1.28. The van der Waals surface area contributed by atoms with Crippen molar-refractivity contribution in [3.8, 4) is 0 Å². The Hall–Kier alpha value is -1.08. The number of hydrogen-bond acceptors (Lipinski definition) is 4. The number of carbonyl (C=O) groups excluding carboxylic acids is 1. The lowest BCUT2D eigenvalue weighted by atomic mass is 10.2. The zero-order valence-corrected chi connectivity index (χ0v) is 12.0. The molecule has 1 atom stereocenters. The highest BCUT2D eigenvalue weighted by Crippen LogP contribution is 2.23. The van der Waals surface area contributed by atoms with E-state index < -0.39 is 0 Å². The van der Waals surface area contributed by atoms with Gasteiger partial charge in [0.25, 0.3) is 5.91 Å². The highest BCUT2D eigenvalue weighted by Gasteiger charge is 2.19. The van der Waals surface area contributed by atoms with Gasteiger partial charge in [-0.15, -0.1) is 11.3 Å². The van der Waals surface area contributed by atoms with Crippen LogP contribution in [-0.4, -0.2) is 34.9 Å². The summed E-state index contributed by atoms with van der Waals surface area (Å²) in [6, 6.07) is 3.48. The summed E-state index contributed by atoms with van der Waals surface area (Å²) in [6.07, 6.45) is 0.339. The van der Waals surface area contributed by atoms with Gasteiger partial charge in [-0.1, -0.05) is 5.16 Å². The van der Waals surface area contributed by atoms with Crippen molar-refractivity contribution >= 4 is 39.0 Å². The van der Waals surface area contributed by atoms with Crippen LogP contribution in [0.15, 0.2) is 21.1 Å². The Morgan fingerprint density at radius 2 is 2.35 bits per heavy atom. The van der Waals surface area contributed by atoms with Gasteiger partial charge in [-0.2, -0.15) is 0 Å². The first-order chi connectivity index (χ1) is 7.95. The van der Waals surface area contributed by atoms with E-state index in [1.54, 1.807) is 18.0 Å². The summed E-state index contributed by atoms with van der Waals surface area (Å²) in [4.78, 5) is 14.3. The van der Waals surface area contributed by atoms with E-state index in [2.05, 4.69) is 21.1 Å². The number of rotatable bonds is 4. The van der Waals surface area contributed by atoms with E-state index in [0.717, 1.165) is 3.79 Å². The highest BCUT2D eigenvalue weighted by atomic mass is 79.9. The molecular weight excluding hydrogens is 306 g/mol. The van der Waals surface area contributed by atoms with Crippen LogP contribution >= 0.6 is 27.3 Å². The van der Waals surface area contributed by atoms with E-state index in [1.165, 1.54) is 11.3 Å². The summed E-state index contributed by atoms with van der Waals surface area (Å²) in [6.45, 7) is 1.85. The van der Waals surface area contributed by atoms with E-state index in [9.17, 15) is 4.79 Å². The monoisotopic (exact) mass is 319 g/mol. The quantitative estimate of drug-likeness (QED) is 0.386. The summed E-state index contributed by atoms with van der Waals surface area (Å²) < 4.78 is 0.915. The molecule has 94 valence electrons. The van der Waals surface area contributed by atoms with Crippen LogP contribution < -0.4 is 5.73 Å². The first kappa shape index (κ1) is 14.0.